The summed E-state index contributed by atoms with van der Waals surface area (Å²) in [5.41, 5.74) is 0.582. The molecule has 6 heteroatoms. The average Bonchev–Trinajstić information content (AvgIpc) is 3.47. The number of nitrogens with zero attached hydrogens (tertiary/aromatic N) is 3. The Hall–Kier alpha value is -2.13. The zero-order valence-corrected chi connectivity index (χ0v) is 17.6. The Bertz CT molecular complexity index is 507. The van der Waals surface area contributed by atoms with E-state index in [2.05, 4.69) is 15.6 Å². The number of aromatic nitrogens is 1. The van der Waals surface area contributed by atoms with E-state index in [1.54, 1.807) is 26.2 Å². The standard InChI is InChI=1S/C7H7N3.C7H14N2O.C5H10.C2H6/c1-9-7-3-2-6(4-8)5-10-7;1-8-6-7(10)9-4-2-3-5-9;1-2-4-5-3-1;1-2/h2-3,5H,1H3,(H,9,10);8H,2-6H2,1H3;1-5H2;1-2H3. The Morgan fingerprint density at radius 1 is 1.07 bits per heavy atom. The molecule has 1 aliphatic heterocycles. The van der Waals surface area contributed by atoms with Crippen LogP contribution < -0.4 is 10.6 Å². The number of hydrogen-bond donors (Lipinski definition) is 2. The molecule has 0 unspecified atom stereocenters. The number of carbonyl (C=O) groups is 1. The van der Waals surface area contributed by atoms with E-state index in [-0.39, 0.29) is 5.91 Å². The van der Waals surface area contributed by atoms with Crippen LogP contribution in [0.5, 0.6) is 0 Å². The fraction of sp³-hybridized carbons (Fsp3) is 0.667. The van der Waals surface area contributed by atoms with Crippen LogP contribution in [0.25, 0.3) is 0 Å². The molecule has 0 atom stereocenters. The van der Waals surface area contributed by atoms with Crippen molar-refractivity contribution in [3.8, 4) is 6.07 Å². The van der Waals surface area contributed by atoms with Gasteiger partial charge in [-0.25, -0.2) is 4.98 Å². The lowest BCUT2D eigenvalue weighted by atomic mass is 10.3. The van der Waals surface area contributed by atoms with Gasteiger partial charge in [-0.3, -0.25) is 4.79 Å². The summed E-state index contributed by atoms with van der Waals surface area (Å²) in [7, 11) is 3.59. The number of anilines is 1. The maximum absolute atomic E-state index is 11.1. The average molecular weight is 376 g/mol. The first kappa shape index (κ1) is 24.9. The predicted molar refractivity (Wildman–Crippen MR) is 113 cm³/mol. The highest BCUT2D eigenvalue weighted by atomic mass is 16.2. The molecule has 2 aliphatic rings. The van der Waals surface area contributed by atoms with Crippen molar-refractivity contribution in [2.24, 2.45) is 0 Å². The third-order valence-electron chi connectivity index (χ3n) is 4.19. The van der Waals surface area contributed by atoms with Gasteiger partial charge in [0.05, 0.1) is 12.1 Å². The van der Waals surface area contributed by atoms with Crippen molar-refractivity contribution in [2.75, 3.05) is 39.0 Å². The Balaban J connectivity index is 0.000000375. The van der Waals surface area contributed by atoms with E-state index in [4.69, 9.17) is 5.26 Å². The zero-order chi connectivity index (χ0) is 20.3. The largest absolute Gasteiger partial charge is 0.373 e. The van der Waals surface area contributed by atoms with Gasteiger partial charge in [0.2, 0.25) is 5.91 Å². The molecule has 1 aromatic rings. The van der Waals surface area contributed by atoms with E-state index in [0.717, 1.165) is 18.9 Å². The van der Waals surface area contributed by atoms with Crippen molar-refractivity contribution < 1.29 is 4.79 Å². The normalized spacial score (nSPS) is 14.4. The van der Waals surface area contributed by atoms with Crippen molar-refractivity contribution in [3.05, 3.63) is 23.9 Å². The van der Waals surface area contributed by atoms with Crippen LogP contribution in [0.1, 0.15) is 64.4 Å². The number of amides is 1. The van der Waals surface area contributed by atoms with Crippen LogP contribution in [-0.4, -0.2) is 49.5 Å². The van der Waals surface area contributed by atoms with Crippen molar-refractivity contribution in [2.45, 2.75) is 58.8 Å². The summed E-state index contributed by atoms with van der Waals surface area (Å²) in [6, 6.07) is 5.47. The van der Waals surface area contributed by atoms with Crippen LogP contribution in [0.3, 0.4) is 0 Å². The van der Waals surface area contributed by atoms with Gasteiger partial charge in [-0.2, -0.15) is 5.26 Å². The van der Waals surface area contributed by atoms with Gasteiger partial charge in [0.1, 0.15) is 11.9 Å². The van der Waals surface area contributed by atoms with Gasteiger partial charge < -0.3 is 15.5 Å². The predicted octanol–water partition coefficient (Wildman–Crippen LogP) is 3.80. The SMILES string of the molecule is C1CCCC1.CC.CNCC(=O)N1CCCC1.CNc1ccc(C#N)cn1. The molecule has 6 nitrogen and oxygen atoms in total. The monoisotopic (exact) mass is 375 g/mol. The van der Waals surface area contributed by atoms with E-state index in [1.165, 1.54) is 51.1 Å². The van der Waals surface area contributed by atoms with Gasteiger partial charge >= 0.3 is 0 Å². The lowest BCUT2D eigenvalue weighted by Crippen LogP contribution is -2.34. The number of nitriles is 1. The summed E-state index contributed by atoms with van der Waals surface area (Å²) in [4.78, 5) is 17.0. The zero-order valence-electron chi connectivity index (χ0n) is 17.6. The Kier molecular flexibility index (Phi) is 15.9. The first-order valence-electron chi connectivity index (χ1n) is 10.2. The third kappa shape index (κ3) is 12.0. The molecule has 3 rings (SSSR count). The van der Waals surface area contributed by atoms with Crippen molar-refractivity contribution in [1.29, 1.82) is 5.26 Å². The van der Waals surface area contributed by atoms with Crippen LogP contribution in [-0.2, 0) is 4.79 Å². The Labute approximate surface area is 165 Å². The number of hydrogen-bond acceptors (Lipinski definition) is 5. The summed E-state index contributed by atoms with van der Waals surface area (Å²) < 4.78 is 0. The fourth-order valence-corrected chi connectivity index (χ4v) is 2.72. The molecule has 1 saturated carbocycles. The van der Waals surface area contributed by atoms with Crippen LogP contribution in [0.2, 0.25) is 0 Å². The van der Waals surface area contributed by atoms with Crippen molar-refractivity contribution in [1.82, 2.24) is 15.2 Å². The minimum atomic E-state index is 0.236. The quantitative estimate of drug-likeness (QED) is 0.840. The molecule has 2 N–H and O–H groups in total. The molecule has 2 fully saturated rings. The van der Waals surface area contributed by atoms with Crippen molar-refractivity contribution >= 4 is 11.7 Å². The van der Waals surface area contributed by atoms with Crippen LogP contribution in [0, 0.1) is 11.3 Å². The van der Waals surface area contributed by atoms with Gasteiger partial charge in [-0.15, -0.1) is 0 Å². The van der Waals surface area contributed by atoms with E-state index in [0.29, 0.717) is 12.1 Å². The van der Waals surface area contributed by atoms with Crippen molar-refractivity contribution in [3.63, 3.8) is 0 Å². The highest BCUT2D eigenvalue weighted by Crippen LogP contribution is 2.15. The molecule has 1 aromatic heterocycles. The summed E-state index contributed by atoms with van der Waals surface area (Å²) in [5, 5.41) is 14.1. The topological polar surface area (TPSA) is 81.0 Å². The number of carbonyl (C=O) groups excluding carboxylic acids is 1. The van der Waals surface area contributed by atoms with Crippen LogP contribution in [0.15, 0.2) is 18.3 Å². The fourth-order valence-electron chi connectivity index (χ4n) is 2.72. The second-order valence-corrected chi connectivity index (χ2v) is 6.18. The molecule has 2 heterocycles. The van der Waals surface area contributed by atoms with Gasteiger partial charge in [0, 0.05) is 26.3 Å². The molecule has 1 aliphatic carbocycles. The minimum absolute atomic E-state index is 0.236. The Morgan fingerprint density at radius 3 is 2.00 bits per heavy atom. The first-order valence-corrected chi connectivity index (χ1v) is 10.2. The molecule has 0 spiro atoms. The second-order valence-electron chi connectivity index (χ2n) is 6.18. The third-order valence-corrected chi connectivity index (χ3v) is 4.19. The summed E-state index contributed by atoms with van der Waals surface area (Å²) >= 11 is 0. The highest BCUT2D eigenvalue weighted by Gasteiger charge is 2.16. The maximum Gasteiger partial charge on any atom is 0.236 e. The van der Waals surface area contributed by atoms with Gasteiger partial charge in [-0.05, 0) is 32.0 Å². The van der Waals surface area contributed by atoms with Gasteiger partial charge in [-0.1, -0.05) is 46.0 Å². The van der Waals surface area contributed by atoms with Crippen LogP contribution in [0.4, 0.5) is 5.82 Å². The summed E-state index contributed by atoms with van der Waals surface area (Å²) in [6.07, 6.45) is 11.4. The number of rotatable bonds is 3. The maximum atomic E-state index is 11.1. The molecule has 1 amide bonds. The summed E-state index contributed by atoms with van der Waals surface area (Å²) in [5.74, 6) is 1.01. The lowest BCUT2D eigenvalue weighted by Gasteiger charge is -2.13. The molecule has 0 radical (unpaired) electrons. The molecule has 1 saturated heterocycles. The van der Waals surface area contributed by atoms with E-state index in [1.807, 2.05) is 24.8 Å². The molecular formula is C21H37N5O. The van der Waals surface area contributed by atoms with Crippen LogP contribution >= 0.6 is 0 Å². The molecule has 27 heavy (non-hydrogen) atoms. The minimum Gasteiger partial charge on any atom is -0.373 e. The first-order chi connectivity index (χ1) is 13.2. The van der Waals surface area contributed by atoms with E-state index >= 15 is 0 Å². The molecule has 0 bridgehead atoms. The number of nitrogens with one attached hydrogen (secondary N) is 2. The Morgan fingerprint density at radius 2 is 1.63 bits per heavy atom. The number of pyridine rings is 1. The second kappa shape index (κ2) is 17.3. The highest BCUT2D eigenvalue weighted by molar-refractivity contribution is 5.78. The lowest BCUT2D eigenvalue weighted by molar-refractivity contribution is -0.129. The summed E-state index contributed by atoms with van der Waals surface area (Å²) in [6.45, 7) is 6.40. The molecular weight excluding hydrogens is 338 g/mol. The van der Waals surface area contributed by atoms with Gasteiger partial charge in [0.15, 0.2) is 0 Å². The molecule has 0 aromatic carbocycles. The smallest absolute Gasteiger partial charge is 0.236 e. The molecule has 152 valence electrons. The number of likely N-dealkylation sites (N-methyl/N-ethyl adjacent to an activating group) is 1. The van der Waals surface area contributed by atoms with Gasteiger partial charge in [0.25, 0.3) is 0 Å². The van der Waals surface area contributed by atoms with E-state index < -0.39 is 0 Å². The number of likely N-dealkylation sites (tertiary alicyclic amines) is 1. The van der Waals surface area contributed by atoms with E-state index in [9.17, 15) is 4.79 Å².